The zero-order valence-electron chi connectivity index (χ0n) is 11.0. The number of carbonyl (C=O) groups is 1. The fraction of sp³-hybridized carbons (Fsp3) is 0.188. The average Bonchev–Trinajstić information content (AvgIpc) is 2.48. The quantitative estimate of drug-likeness (QED) is 0.770. The molecule has 2 aromatic carbocycles. The van der Waals surface area contributed by atoms with Crippen LogP contribution in [0.4, 0.5) is 0 Å². The lowest BCUT2D eigenvalue weighted by molar-refractivity contribution is 0.0818. The Bertz CT molecular complexity index is 532. The van der Waals surface area contributed by atoms with Gasteiger partial charge in [0, 0.05) is 5.56 Å². The molecule has 0 aliphatic heterocycles. The van der Waals surface area contributed by atoms with E-state index >= 15 is 0 Å². The SMILES string of the molecule is COc1ccc(OC(C)C(=O)c2ccccc2)cc1. The van der Waals surface area contributed by atoms with Crippen molar-refractivity contribution >= 4 is 5.78 Å². The van der Waals surface area contributed by atoms with Crippen LogP contribution in [0.2, 0.25) is 0 Å². The Labute approximate surface area is 112 Å². The molecule has 0 saturated carbocycles. The first-order valence-electron chi connectivity index (χ1n) is 6.10. The van der Waals surface area contributed by atoms with Crippen LogP contribution < -0.4 is 9.47 Å². The fourth-order valence-electron chi connectivity index (χ4n) is 1.75. The number of hydrogen-bond donors (Lipinski definition) is 0. The summed E-state index contributed by atoms with van der Waals surface area (Å²) in [6, 6.07) is 16.3. The molecule has 98 valence electrons. The first kappa shape index (κ1) is 13.1. The summed E-state index contributed by atoms with van der Waals surface area (Å²) in [6.45, 7) is 1.75. The lowest BCUT2D eigenvalue weighted by Crippen LogP contribution is -2.23. The van der Waals surface area contributed by atoms with E-state index in [1.165, 1.54) is 0 Å². The van der Waals surface area contributed by atoms with Gasteiger partial charge in [-0.2, -0.15) is 0 Å². The average molecular weight is 256 g/mol. The molecule has 0 amide bonds. The Balaban J connectivity index is 2.04. The van der Waals surface area contributed by atoms with E-state index in [1.807, 2.05) is 18.2 Å². The number of hydrogen-bond acceptors (Lipinski definition) is 3. The Morgan fingerprint density at radius 1 is 0.947 bits per heavy atom. The van der Waals surface area contributed by atoms with Crippen LogP contribution in [-0.2, 0) is 0 Å². The molecule has 0 saturated heterocycles. The molecular weight excluding hydrogens is 240 g/mol. The molecule has 1 unspecified atom stereocenters. The van der Waals surface area contributed by atoms with E-state index in [0.717, 1.165) is 5.75 Å². The summed E-state index contributed by atoms with van der Waals surface area (Å²) in [5, 5.41) is 0. The Morgan fingerprint density at radius 3 is 2.11 bits per heavy atom. The van der Waals surface area contributed by atoms with Gasteiger partial charge in [-0.05, 0) is 31.2 Å². The number of ether oxygens (including phenoxy) is 2. The molecule has 0 fully saturated rings. The van der Waals surface area contributed by atoms with E-state index in [4.69, 9.17) is 9.47 Å². The monoisotopic (exact) mass is 256 g/mol. The van der Waals surface area contributed by atoms with Crippen molar-refractivity contribution in [1.82, 2.24) is 0 Å². The number of methoxy groups -OCH3 is 1. The smallest absolute Gasteiger partial charge is 0.202 e. The van der Waals surface area contributed by atoms with Crippen LogP contribution in [0.25, 0.3) is 0 Å². The van der Waals surface area contributed by atoms with E-state index in [-0.39, 0.29) is 5.78 Å². The van der Waals surface area contributed by atoms with Crippen molar-refractivity contribution in [2.24, 2.45) is 0 Å². The molecule has 0 aliphatic carbocycles. The van der Waals surface area contributed by atoms with Gasteiger partial charge < -0.3 is 9.47 Å². The molecule has 3 nitrogen and oxygen atoms in total. The van der Waals surface area contributed by atoms with Crippen LogP contribution in [0.1, 0.15) is 17.3 Å². The minimum Gasteiger partial charge on any atom is -0.497 e. The van der Waals surface area contributed by atoms with Crippen molar-refractivity contribution in [3.8, 4) is 11.5 Å². The molecule has 0 radical (unpaired) electrons. The first-order valence-corrected chi connectivity index (χ1v) is 6.10. The molecule has 2 aromatic rings. The maximum absolute atomic E-state index is 12.1. The maximum Gasteiger partial charge on any atom is 0.202 e. The third-order valence-corrected chi connectivity index (χ3v) is 2.80. The molecule has 19 heavy (non-hydrogen) atoms. The van der Waals surface area contributed by atoms with Gasteiger partial charge in [-0.15, -0.1) is 0 Å². The normalized spacial score (nSPS) is 11.7. The van der Waals surface area contributed by atoms with E-state index in [1.54, 1.807) is 50.4 Å². The van der Waals surface area contributed by atoms with Crippen LogP contribution in [0.15, 0.2) is 54.6 Å². The minimum absolute atomic E-state index is 0.0311. The first-order chi connectivity index (χ1) is 9.20. The Hall–Kier alpha value is -2.29. The third-order valence-electron chi connectivity index (χ3n) is 2.80. The predicted octanol–water partition coefficient (Wildman–Crippen LogP) is 3.35. The van der Waals surface area contributed by atoms with Crippen LogP contribution in [0, 0.1) is 0 Å². The van der Waals surface area contributed by atoms with Crippen molar-refractivity contribution in [3.63, 3.8) is 0 Å². The standard InChI is InChI=1S/C16H16O3/c1-12(16(17)13-6-4-3-5-7-13)19-15-10-8-14(18-2)9-11-15/h3-12H,1-2H3. The van der Waals surface area contributed by atoms with Crippen molar-refractivity contribution in [1.29, 1.82) is 0 Å². The zero-order valence-corrected chi connectivity index (χ0v) is 11.0. The van der Waals surface area contributed by atoms with Crippen LogP contribution in [-0.4, -0.2) is 19.0 Å². The highest BCUT2D eigenvalue weighted by Crippen LogP contribution is 2.19. The van der Waals surface area contributed by atoms with Gasteiger partial charge in [0.15, 0.2) is 6.10 Å². The lowest BCUT2D eigenvalue weighted by Gasteiger charge is -2.14. The molecule has 0 N–H and O–H groups in total. The summed E-state index contributed by atoms with van der Waals surface area (Å²) in [5.41, 5.74) is 0.656. The zero-order chi connectivity index (χ0) is 13.7. The van der Waals surface area contributed by atoms with Crippen LogP contribution in [0.3, 0.4) is 0 Å². The fourth-order valence-corrected chi connectivity index (χ4v) is 1.75. The lowest BCUT2D eigenvalue weighted by atomic mass is 10.1. The highest BCUT2D eigenvalue weighted by Gasteiger charge is 2.16. The van der Waals surface area contributed by atoms with Crippen LogP contribution >= 0.6 is 0 Å². The summed E-state index contributed by atoms with van der Waals surface area (Å²) in [7, 11) is 1.61. The molecule has 0 aromatic heterocycles. The molecule has 3 heteroatoms. The number of ketones is 1. The molecule has 1 atom stereocenters. The Morgan fingerprint density at radius 2 is 1.53 bits per heavy atom. The van der Waals surface area contributed by atoms with Gasteiger partial charge in [0.25, 0.3) is 0 Å². The number of rotatable bonds is 5. The number of carbonyl (C=O) groups excluding carboxylic acids is 1. The van der Waals surface area contributed by atoms with Crippen molar-refractivity contribution in [3.05, 3.63) is 60.2 Å². The van der Waals surface area contributed by atoms with Crippen molar-refractivity contribution < 1.29 is 14.3 Å². The van der Waals surface area contributed by atoms with Gasteiger partial charge in [-0.1, -0.05) is 30.3 Å². The topological polar surface area (TPSA) is 35.5 Å². The maximum atomic E-state index is 12.1. The van der Waals surface area contributed by atoms with E-state index in [0.29, 0.717) is 11.3 Å². The molecular formula is C16H16O3. The van der Waals surface area contributed by atoms with E-state index in [9.17, 15) is 4.79 Å². The van der Waals surface area contributed by atoms with E-state index < -0.39 is 6.10 Å². The summed E-state index contributed by atoms with van der Waals surface area (Å²) in [5.74, 6) is 1.38. The van der Waals surface area contributed by atoms with Gasteiger partial charge >= 0.3 is 0 Å². The molecule has 0 spiro atoms. The molecule has 0 bridgehead atoms. The minimum atomic E-state index is -0.518. The second-order valence-corrected chi connectivity index (χ2v) is 4.17. The Kier molecular flexibility index (Phi) is 4.18. The summed E-state index contributed by atoms with van der Waals surface area (Å²) in [6.07, 6.45) is -0.518. The van der Waals surface area contributed by atoms with Gasteiger partial charge in [0.2, 0.25) is 5.78 Å². The summed E-state index contributed by atoms with van der Waals surface area (Å²) in [4.78, 5) is 12.1. The van der Waals surface area contributed by atoms with Gasteiger partial charge in [0.05, 0.1) is 7.11 Å². The van der Waals surface area contributed by atoms with Crippen molar-refractivity contribution in [2.75, 3.05) is 7.11 Å². The van der Waals surface area contributed by atoms with Gasteiger partial charge in [-0.25, -0.2) is 0 Å². The van der Waals surface area contributed by atoms with Crippen LogP contribution in [0.5, 0.6) is 11.5 Å². The second-order valence-electron chi connectivity index (χ2n) is 4.17. The highest BCUT2D eigenvalue weighted by molar-refractivity contribution is 5.99. The van der Waals surface area contributed by atoms with Gasteiger partial charge in [-0.3, -0.25) is 4.79 Å². The largest absolute Gasteiger partial charge is 0.497 e. The summed E-state index contributed by atoms with van der Waals surface area (Å²) < 4.78 is 10.7. The molecule has 2 rings (SSSR count). The summed E-state index contributed by atoms with van der Waals surface area (Å²) >= 11 is 0. The van der Waals surface area contributed by atoms with Crippen molar-refractivity contribution in [2.45, 2.75) is 13.0 Å². The number of Topliss-reactive ketones (excluding diaryl/α,β-unsaturated/α-hetero) is 1. The highest BCUT2D eigenvalue weighted by atomic mass is 16.5. The molecule has 0 heterocycles. The third kappa shape index (κ3) is 3.35. The van der Waals surface area contributed by atoms with Gasteiger partial charge in [0.1, 0.15) is 11.5 Å². The molecule has 0 aliphatic rings. The van der Waals surface area contributed by atoms with E-state index in [2.05, 4.69) is 0 Å². The predicted molar refractivity (Wildman–Crippen MR) is 73.9 cm³/mol. The second kappa shape index (κ2) is 6.05. The number of benzene rings is 2.